The molecule has 194 valence electrons. The molecule has 2 aliphatic carbocycles. The van der Waals surface area contributed by atoms with Crippen LogP contribution in [-0.4, -0.2) is 0 Å². The molecule has 7 rings (SSSR count). The molecule has 0 radical (unpaired) electrons. The molecule has 3 nitrogen and oxygen atoms in total. The van der Waals surface area contributed by atoms with E-state index in [0.717, 1.165) is 44.3 Å². The van der Waals surface area contributed by atoms with Gasteiger partial charge in [0.1, 0.15) is 18.2 Å². The second-order valence-electron chi connectivity index (χ2n) is 12.0. The van der Waals surface area contributed by atoms with Crippen molar-refractivity contribution in [1.29, 1.82) is 5.26 Å². The molecule has 2 saturated carbocycles. The number of hydrogen-bond acceptors (Lipinski definition) is 2. The Morgan fingerprint density at radius 2 is 1.59 bits per heavy atom. The van der Waals surface area contributed by atoms with E-state index < -0.39 is 0 Å². The van der Waals surface area contributed by atoms with Crippen LogP contribution in [0.2, 0.25) is 0 Å². The zero-order chi connectivity index (χ0) is 26.6. The Morgan fingerprint density at radius 3 is 2.33 bits per heavy atom. The fraction of sp³-hybridized carbons (Fsp3) is 0.333. The lowest BCUT2D eigenvalue weighted by atomic mass is 9.68. The van der Waals surface area contributed by atoms with Gasteiger partial charge in [-0.15, -0.1) is 0 Å². The van der Waals surface area contributed by atoms with E-state index >= 15 is 0 Å². The number of nitrogens with zero attached hydrogens (tertiary/aromatic N) is 2. The molecule has 5 aromatic rings. The highest BCUT2D eigenvalue weighted by molar-refractivity contribution is 6.14. The molecular weight excluding hydrogens is 476 g/mol. The van der Waals surface area contributed by atoms with Crippen molar-refractivity contribution in [3.05, 3.63) is 89.6 Å². The van der Waals surface area contributed by atoms with Gasteiger partial charge in [0.25, 0.3) is 0 Å². The molecule has 2 fully saturated rings. The summed E-state index contributed by atoms with van der Waals surface area (Å²) in [6.07, 6.45) is 13.1. The van der Waals surface area contributed by atoms with E-state index in [1.54, 1.807) is 0 Å². The molecule has 3 aromatic carbocycles. The van der Waals surface area contributed by atoms with Gasteiger partial charge in [-0.2, -0.15) is 5.26 Å². The number of furan rings is 1. The first-order chi connectivity index (χ1) is 19.1. The predicted molar refractivity (Wildman–Crippen MR) is 157 cm³/mol. The summed E-state index contributed by atoms with van der Waals surface area (Å²) < 4.78 is 8.92. The van der Waals surface area contributed by atoms with Gasteiger partial charge >= 0.3 is 0 Å². The summed E-state index contributed by atoms with van der Waals surface area (Å²) in [5.41, 5.74) is 9.77. The van der Waals surface area contributed by atoms with E-state index in [9.17, 15) is 5.26 Å². The van der Waals surface area contributed by atoms with Crippen molar-refractivity contribution < 1.29 is 8.98 Å². The Morgan fingerprint density at radius 1 is 0.846 bits per heavy atom. The second-order valence-corrected chi connectivity index (χ2v) is 12.0. The predicted octanol–water partition coefficient (Wildman–Crippen LogP) is 9.14. The lowest BCUT2D eigenvalue weighted by Crippen LogP contribution is -2.30. The summed E-state index contributed by atoms with van der Waals surface area (Å²) in [5.74, 6) is 0.601. The van der Waals surface area contributed by atoms with E-state index in [0.29, 0.717) is 16.9 Å². The topological polar surface area (TPSA) is 40.8 Å². The molecule has 1 spiro atoms. The van der Waals surface area contributed by atoms with E-state index in [2.05, 4.69) is 85.4 Å². The lowest BCUT2D eigenvalue weighted by Gasteiger charge is -2.37. The minimum absolute atomic E-state index is 0.601. The molecule has 0 atom stereocenters. The monoisotopic (exact) mass is 511 g/mol. The Balaban J connectivity index is 1.37. The van der Waals surface area contributed by atoms with Crippen molar-refractivity contribution in [2.75, 3.05) is 0 Å². The van der Waals surface area contributed by atoms with E-state index in [4.69, 9.17) is 4.42 Å². The van der Waals surface area contributed by atoms with Crippen LogP contribution in [0.3, 0.4) is 0 Å². The summed E-state index contributed by atoms with van der Waals surface area (Å²) in [4.78, 5) is 0. The third kappa shape index (κ3) is 3.97. The van der Waals surface area contributed by atoms with E-state index in [1.807, 2.05) is 12.1 Å². The third-order valence-electron chi connectivity index (χ3n) is 9.81. The maximum atomic E-state index is 10.2. The van der Waals surface area contributed by atoms with Crippen LogP contribution in [0.5, 0.6) is 0 Å². The van der Waals surface area contributed by atoms with Gasteiger partial charge < -0.3 is 4.42 Å². The van der Waals surface area contributed by atoms with Crippen molar-refractivity contribution in [1.82, 2.24) is 0 Å². The van der Waals surface area contributed by atoms with Crippen LogP contribution in [0.15, 0.2) is 77.3 Å². The Hall–Kier alpha value is -3.90. The highest BCUT2D eigenvalue weighted by Gasteiger charge is 2.37. The van der Waals surface area contributed by atoms with Gasteiger partial charge in [0, 0.05) is 28.5 Å². The summed E-state index contributed by atoms with van der Waals surface area (Å²) >= 11 is 0. The zero-order valence-corrected chi connectivity index (χ0v) is 23.0. The van der Waals surface area contributed by atoms with Crippen molar-refractivity contribution in [3.8, 4) is 28.5 Å². The van der Waals surface area contributed by atoms with Crippen LogP contribution >= 0.6 is 0 Å². The quantitative estimate of drug-likeness (QED) is 0.227. The summed E-state index contributed by atoms with van der Waals surface area (Å²) in [5, 5.41) is 12.3. The highest BCUT2D eigenvalue weighted by Crippen LogP contribution is 2.52. The number of aryl methyl sites for hydroxylation is 2. The molecule has 0 unspecified atom stereocenters. The van der Waals surface area contributed by atoms with Gasteiger partial charge in [-0.25, -0.2) is 4.57 Å². The fourth-order valence-electron chi connectivity index (χ4n) is 7.62. The first-order valence-corrected chi connectivity index (χ1v) is 14.5. The summed E-state index contributed by atoms with van der Waals surface area (Å²) in [6.45, 7) is 2.14. The number of hydrogen-bond donors (Lipinski definition) is 0. The molecule has 2 aliphatic rings. The van der Waals surface area contributed by atoms with Gasteiger partial charge in [-0.1, -0.05) is 49.2 Å². The Kier molecular flexibility index (Phi) is 5.81. The van der Waals surface area contributed by atoms with Crippen LogP contribution in [0.4, 0.5) is 0 Å². The van der Waals surface area contributed by atoms with Crippen LogP contribution in [0.1, 0.15) is 74.0 Å². The normalized spacial score (nSPS) is 17.3. The van der Waals surface area contributed by atoms with Crippen molar-refractivity contribution in [2.24, 2.45) is 12.5 Å². The van der Waals surface area contributed by atoms with Gasteiger partial charge in [-0.05, 0) is 91.7 Å². The SMILES string of the molecule is Cc1ccc2c(oc3c(-c4cccc(C5CCC6(CCCC6)CC5)c4)c(C#N)ccc32)c1-c1cccc[n+]1C. The molecule has 3 heteroatoms. The number of fused-ring (bicyclic) bond motifs is 3. The molecule has 0 N–H and O–H groups in total. The summed E-state index contributed by atoms with van der Waals surface area (Å²) in [7, 11) is 2.07. The molecule has 2 heterocycles. The average molecular weight is 512 g/mol. The lowest BCUT2D eigenvalue weighted by molar-refractivity contribution is -0.660. The summed E-state index contributed by atoms with van der Waals surface area (Å²) in [6, 6.07) is 26.0. The van der Waals surface area contributed by atoms with Gasteiger partial charge in [-0.3, -0.25) is 0 Å². The first-order valence-electron chi connectivity index (χ1n) is 14.5. The van der Waals surface area contributed by atoms with Gasteiger partial charge in [0.05, 0.1) is 17.2 Å². The number of nitriles is 1. The molecule has 0 saturated heterocycles. The number of rotatable bonds is 3. The minimum atomic E-state index is 0.601. The van der Waals surface area contributed by atoms with Crippen LogP contribution in [0.25, 0.3) is 44.3 Å². The molecule has 0 bridgehead atoms. The van der Waals surface area contributed by atoms with Crippen molar-refractivity contribution in [3.63, 3.8) is 0 Å². The van der Waals surface area contributed by atoms with Crippen LogP contribution < -0.4 is 4.57 Å². The largest absolute Gasteiger partial charge is 0.454 e. The molecule has 0 aliphatic heterocycles. The average Bonchev–Trinajstić information content (AvgIpc) is 3.58. The van der Waals surface area contributed by atoms with Crippen LogP contribution in [-0.2, 0) is 7.05 Å². The first kappa shape index (κ1) is 24.2. The van der Waals surface area contributed by atoms with E-state index in [-0.39, 0.29) is 0 Å². The van der Waals surface area contributed by atoms with Gasteiger partial charge in [0.2, 0.25) is 5.69 Å². The van der Waals surface area contributed by atoms with Gasteiger partial charge in [0.15, 0.2) is 6.20 Å². The van der Waals surface area contributed by atoms with Crippen molar-refractivity contribution >= 4 is 21.9 Å². The minimum Gasteiger partial charge on any atom is -0.454 e. The smallest absolute Gasteiger partial charge is 0.216 e. The molecule has 2 aromatic heterocycles. The third-order valence-corrected chi connectivity index (χ3v) is 9.81. The van der Waals surface area contributed by atoms with E-state index in [1.165, 1.54) is 62.5 Å². The maximum Gasteiger partial charge on any atom is 0.216 e. The second kappa shape index (κ2) is 9.38. The molecular formula is C36H35N2O+. The standard InChI is InChI=1S/C36H35N2O/c1-24-11-13-29-30-14-12-28(23-37)33(35(30)39-34(29)32(24)31-10-3-6-21-38(31)2)27-9-7-8-26(22-27)25-15-19-36(20-16-25)17-4-5-18-36/h3,6-14,21-22,25H,4-5,15-20H2,1-2H3/q+1. The fourth-order valence-corrected chi connectivity index (χ4v) is 7.62. The number of benzene rings is 3. The Labute approximate surface area is 230 Å². The molecule has 39 heavy (non-hydrogen) atoms. The molecule has 0 amide bonds. The van der Waals surface area contributed by atoms with Crippen LogP contribution in [0, 0.1) is 23.7 Å². The van der Waals surface area contributed by atoms with Crippen molar-refractivity contribution in [2.45, 2.75) is 64.2 Å². The Bertz CT molecular complexity index is 1750. The highest BCUT2D eigenvalue weighted by atomic mass is 16.3. The number of aromatic nitrogens is 1. The maximum absolute atomic E-state index is 10.2. The zero-order valence-electron chi connectivity index (χ0n) is 23.0. The number of pyridine rings is 1.